The number of carbonyl (C=O) groups is 4. The van der Waals surface area contributed by atoms with Crippen molar-refractivity contribution in [1.82, 2.24) is 30.9 Å². The lowest BCUT2D eigenvalue weighted by Crippen LogP contribution is -2.61. The highest BCUT2D eigenvalue weighted by molar-refractivity contribution is 7.99. The van der Waals surface area contributed by atoms with E-state index in [9.17, 15) is 19.2 Å². The van der Waals surface area contributed by atoms with Crippen molar-refractivity contribution in [2.75, 3.05) is 31.1 Å². The quantitative estimate of drug-likeness (QED) is 0.0939. The SMILES string of the molecule is CON(C(=O)N1CSCC1C(=O)NC(C)(C)C)C(Cc1ccccc1)NC(=O)C(CSc1ccccc1)NC(=O)COc1cccc2ncccc12. The molecule has 0 spiro atoms. The number of hydrogen-bond donors (Lipinski definition) is 3. The largest absolute Gasteiger partial charge is 0.483 e. The molecular formula is C38H44N6O6S2. The fourth-order valence-corrected chi connectivity index (χ4v) is 7.61. The number of thioether (sulfide) groups is 2. The van der Waals surface area contributed by atoms with E-state index >= 15 is 0 Å². The van der Waals surface area contributed by atoms with E-state index in [0.29, 0.717) is 11.5 Å². The van der Waals surface area contributed by atoms with E-state index in [4.69, 9.17) is 9.57 Å². The first-order valence-electron chi connectivity index (χ1n) is 16.8. The first-order valence-corrected chi connectivity index (χ1v) is 19.0. The summed E-state index contributed by atoms with van der Waals surface area (Å²) in [5.74, 6) is 0.0714. The van der Waals surface area contributed by atoms with Gasteiger partial charge < -0.3 is 25.6 Å². The van der Waals surface area contributed by atoms with Crippen LogP contribution in [0.3, 0.4) is 0 Å². The van der Waals surface area contributed by atoms with Gasteiger partial charge in [0.15, 0.2) is 6.61 Å². The van der Waals surface area contributed by atoms with E-state index in [1.54, 1.807) is 24.4 Å². The van der Waals surface area contributed by atoms with Gasteiger partial charge in [-0.3, -0.25) is 24.2 Å². The smallest absolute Gasteiger partial charge is 0.347 e. The number of pyridine rings is 1. The van der Waals surface area contributed by atoms with E-state index in [1.165, 1.54) is 35.5 Å². The maximum Gasteiger partial charge on any atom is 0.347 e. The van der Waals surface area contributed by atoms with Gasteiger partial charge in [-0.1, -0.05) is 54.6 Å². The van der Waals surface area contributed by atoms with Crippen LogP contribution in [0.4, 0.5) is 4.79 Å². The van der Waals surface area contributed by atoms with Crippen LogP contribution in [-0.2, 0) is 25.6 Å². The lowest BCUT2D eigenvalue weighted by Gasteiger charge is -2.35. The first-order chi connectivity index (χ1) is 25.0. The minimum absolute atomic E-state index is 0.191. The summed E-state index contributed by atoms with van der Waals surface area (Å²) in [6, 6.07) is 25.6. The van der Waals surface area contributed by atoms with Crippen LogP contribution in [0.25, 0.3) is 10.9 Å². The van der Waals surface area contributed by atoms with Crippen molar-refractivity contribution in [3.05, 3.63) is 103 Å². The highest BCUT2D eigenvalue weighted by atomic mass is 32.2. The van der Waals surface area contributed by atoms with Gasteiger partial charge in [-0.2, -0.15) is 5.06 Å². The minimum atomic E-state index is -1.02. The highest BCUT2D eigenvalue weighted by Gasteiger charge is 2.41. The lowest BCUT2D eigenvalue weighted by molar-refractivity contribution is -0.148. The standard InChI is InChI=1S/C38H44N6O6S2/c1-38(2,3)42-36(47)31-24-51-25-43(31)37(48)44(49-4)33(21-26-13-7-5-8-14-26)41-35(46)30(23-52-27-15-9-6-10-16-27)40-34(45)22-50-32-19-11-18-29-28(32)17-12-20-39-29/h5-20,30-31,33H,21-25H2,1-4H3,(H,40,45)(H,41,46)(H,42,47). The number of nitrogens with zero attached hydrogens (tertiary/aromatic N) is 3. The van der Waals surface area contributed by atoms with E-state index in [-0.39, 0.29) is 30.6 Å². The molecule has 1 aliphatic rings. The Labute approximate surface area is 312 Å². The molecule has 0 bridgehead atoms. The second kappa shape index (κ2) is 18.1. The normalized spacial score (nSPS) is 15.4. The Hall–Kier alpha value is -4.79. The van der Waals surface area contributed by atoms with Crippen LogP contribution in [0.2, 0.25) is 0 Å². The predicted molar refractivity (Wildman–Crippen MR) is 204 cm³/mol. The molecule has 12 nitrogen and oxygen atoms in total. The van der Waals surface area contributed by atoms with Crippen LogP contribution >= 0.6 is 23.5 Å². The Morgan fingerprint density at radius 2 is 1.69 bits per heavy atom. The van der Waals surface area contributed by atoms with Gasteiger partial charge in [0.25, 0.3) is 5.91 Å². The Balaban J connectivity index is 1.35. The summed E-state index contributed by atoms with van der Waals surface area (Å²) in [5, 5.41) is 10.6. The van der Waals surface area contributed by atoms with Gasteiger partial charge in [-0.15, -0.1) is 23.5 Å². The fraction of sp³-hybridized carbons (Fsp3) is 0.342. The van der Waals surface area contributed by atoms with Crippen molar-refractivity contribution in [2.24, 2.45) is 0 Å². The summed E-state index contributed by atoms with van der Waals surface area (Å²) in [5.41, 5.74) is 1.07. The number of fused-ring (bicyclic) bond motifs is 1. The van der Waals surface area contributed by atoms with Gasteiger partial charge in [-0.25, -0.2) is 4.79 Å². The van der Waals surface area contributed by atoms with Crippen LogP contribution in [0.5, 0.6) is 5.75 Å². The summed E-state index contributed by atoms with van der Waals surface area (Å²) in [6.07, 6.45) is 0.878. The molecule has 1 aromatic heterocycles. The van der Waals surface area contributed by atoms with Crippen molar-refractivity contribution in [3.63, 3.8) is 0 Å². The first kappa shape index (κ1) is 38.4. The molecule has 3 N–H and O–H groups in total. The van der Waals surface area contributed by atoms with Crippen molar-refractivity contribution in [3.8, 4) is 5.75 Å². The number of carbonyl (C=O) groups excluding carboxylic acids is 4. The number of hydroxylamine groups is 2. The Bertz CT molecular complexity index is 1820. The zero-order valence-corrected chi connectivity index (χ0v) is 31.2. The number of urea groups is 1. The molecule has 2 heterocycles. The van der Waals surface area contributed by atoms with Gasteiger partial charge in [0.1, 0.15) is 24.0 Å². The number of aromatic nitrogens is 1. The third kappa shape index (κ3) is 10.6. The van der Waals surface area contributed by atoms with Crippen LogP contribution in [0.1, 0.15) is 26.3 Å². The Morgan fingerprint density at radius 3 is 2.40 bits per heavy atom. The van der Waals surface area contributed by atoms with Crippen molar-refractivity contribution >= 4 is 58.2 Å². The molecule has 1 aliphatic heterocycles. The third-order valence-corrected chi connectivity index (χ3v) is 10.1. The molecule has 1 saturated heterocycles. The molecule has 4 aromatic rings. The number of nitrogens with one attached hydrogen (secondary N) is 3. The molecule has 0 saturated carbocycles. The summed E-state index contributed by atoms with van der Waals surface area (Å²) in [4.78, 5) is 67.2. The molecule has 5 rings (SSSR count). The molecule has 0 radical (unpaired) electrons. The maximum absolute atomic E-state index is 14.2. The van der Waals surface area contributed by atoms with E-state index in [2.05, 4.69) is 20.9 Å². The number of rotatable bonds is 14. The molecular weight excluding hydrogens is 701 g/mol. The van der Waals surface area contributed by atoms with E-state index in [0.717, 1.165) is 26.4 Å². The number of benzene rings is 3. The van der Waals surface area contributed by atoms with E-state index in [1.807, 2.05) is 93.6 Å². The molecule has 274 valence electrons. The summed E-state index contributed by atoms with van der Waals surface area (Å²) in [6.45, 7) is 5.30. The molecule has 3 unspecified atom stereocenters. The van der Waals surface area contributed by atoms with Crippen molar-refractivity contribution in [2.45, 2.75) is 55.9 Å². The zero-order chi connectivity index (χ0) is 37.1. The molecule has 3 aromatic carbocycles. The Morgan fingerprint density at radius 1 is 0.962 bits per heavy atom. The van der Waals surface area contributed by atoms with Crippen LogP contribution in [0.15, 0.2) is 102 Å². The van der Waals surface area contributed by atoms with E-state index < -0.39 is 41.6 Å². The summed E-state index contributed by atoms with van der Waals surface area (Å²) < 4.78 is 5.88. The average molecular weight is 745 g/mol. The summed E-state index contributed by atoms with van der Waals surface area (Å²) in [7, 11) is 1.35. The predicted octanol–water partition coefficient (Wildman–Crippen LogP) is 4.85. The number of amides is 5. The van der Waals surface area contributed by atoms with Gasteiger partial charge >= 0.3 is 6.03 Å². The fourth-order valence-electron chi connectivity index (χ4n) is 5.52. The average Bonchev–Trinajstić information content (AvgIpc) is 3.63. The van der Waals surface area contributed by atoms with Crippen molar-refractivity contribution in [1.29, 1.82) is 0 Å². The zero-order valence-electron chi connectivity index (χ0n) is 29.6. The van der Waals surface area contributed by atoms with Crippen molar-refractivity contribution < 1.29 is 28.8 Å². The third-order valence-electron chi connectivity index (χ3n) is 7.95. The lowest BCUT2D eigenvalue weighted by atomic mass is 10.1. The molecule has 0 aliphatic carbocycles. The number of hydrogen-bond acceptors (Lipinski definition) is 9. The molecule has 52 heavy (non-hydrogen) atoms. The van der Waals surface area contributed by atoms with Crippen LogP contribution < -0.4 is 20.7 Å². The van der Waals surface area contributed by atoms with Crippen LogP contribution in [0, 0.1) is 0 Å². The second-order valence-electron chi connectivity index (χ2n) is 13.1. The summed E-state index contributed by atoms with van der Waals surface area (Å²) >= 11 is 2.86. The second-order valence-corrected chi connectivity index (χ2v) is 15.2. The molecule has 5 amide bonds. The topological polar surface area (TPSA) is 142 Å². The van der Waals surface area contributed by atoms with Gasteiger partial charge in [0.05, 0.1) is 18.5 Å². The van der Waals surface area contributed by atoms with Crippen LogP contribution in [-0.4, -0.2) is 93.6 Å². The van der Waals surface area contributed by atoms with Gasteiger partial charge in [0, 0.05) is 39.9 Å². The van der Waals surface area contributed by atoms with Gasteiger partial charge in [0.2, 0.25) is 11.8 Å². The highest BCUT2D eigenvalue weighted by Crippen LogP contribution is 2.26. The molecule has 3 atom stereocenters. The molecule has 1 fully saturated rings. The Kier molecular flexibility index (Phi) is 13.4. The minimum Gasteiger partial charge on any atom is -0.483 e. The monoisotopic (exact) mass is 744 g/mol. The maximum atomic E-state index is 14.2. The molecule has 14 heteroatoms. The number of ether oxygens (including phenoxy) is 1. The van der Waals surface area contributed by atoms with Gasteiger partial charge in [-0.05, 0) is 62.7 Å².